The molecule has 0 aliphatic carbocycles. The maximum atomic E-state index is 5.76. The number of nitrogens with two attached hydrogens (primary N) is 1. The van der Waals surface area contributed by atoms with Crippen LogP contribution in [0.4, 0.5) is 5.95 Å². The molecule has 0 spiro atoms. The van der Waals surface area contributed by atoms with Crippen molar-refractivity contribution in [1.29, 1.82) is 0 Å². The van der Waals surface area contributed by atoms with Gasteiger partial charge in [-0.15, -0.1) is 0 Å². The second-order valence-corrected chi connectivity index (χ2v) is 4.21. The van der Waals surface area contributed by atoms with E-state index in [0.29, 0.717) is 5.95 Å². The second-order valence-electron chi connectivity index (χ2n) is 4.21. The number of anilines is 1. The van der Waals surface area contributed by atoms with Gasteiger partial charge in [0.15, 0.2) is 0 Å². The molecule has 0 saturated carbocycles. The van der Waals surface area contributed by atoms with Gasteiger partial charge in [-0.05, 0) is 31.0 Å². The fourth-order valence-corrected chi connectivity index (χ4v) is 1.86. The maximum Gasteiger partial charge on any atom is 0.220 e. The third kappa shape index (κ3) is 2.64. The molecule has 90 valence electrons. The van der Waals surface area contributed by atoms with Gasteiger partial charge in [-0.2, -0.15) is 0 Å². The van der Waals surface area contributed by atoms with E-state index in [1.807, 2.05) is 36.0 Å². The Balaban J connectivity index is 2.35. The van der Waals surface area contributed by atoms with E-state index >= 15 is 0 Å². The van der Waals surface area contributed by atoms with Gasteiger partial charge >= 0.3 is 0 Å². The van der Waals surface area contributed by atoms with Crippen LogP contribution in [0.2, 0.25) is 0 Å². The van der Waals surface area contributed by atoms with Gasteiger partial charge in [0, 0.05) is 18.9 Å². The lowest BCUT2D eigenvalue weighted by atomic mass is 10.1. The van der Waals surface area contributed by atoms with Gasteiger partial charge in [-0.25, -0.2) is 9.97 Å². The smallest absolute Gasteiger partial charge is 0.220 e. The van der Waals surface area contributed by atoms with Gasteiger partial charge in [-0.1, -0.05) is 13.3 Å². The fraction of sp³-hybridized carbons (Fsp3) is 0.385. The molecule has 2 aromatic rings. The third-order valence-corrected chi connectivity index (χ3v) is 2.79. The summed E-state index contributed by atoms with van der Waals surface area (Å²) < 4.78 is 2.03. The van der Waals surface area contributed by atoms with E-state index in [-0.39, 0.29) is 0 Å². The molecular formula is C13H18N4. The van der Waals surface area contributed by atoms with Crippen LogP contribution >= 0.6 is 0 Å². The number of aryl methyl sites for hydroxylation is 2. The van der Waals surface area contributed by atoms with Crippen LogP contribution in [0.25, 0.3) is 11.4 Å². The molecule has 0 fully saturated rings. The molecule has 4 heteroatoms. The first-order chi connectivity index (χ1) is 8.20. The molecule has 2 heterocycles. The summed E-state index contributed by atoms with van der Waals surface area (Å²) in [6, 6.07) is 6.06. The van der Waals surface area contributed by atoms with Crippen LogP contribution in [0.15, 0.2) is 24.4 Å². The summed E-state index contributed by atoms with van der Waals surface area (Å²) in [5, 5.41) is 0. The number of nitrogens with zero attached hydrogens (tertiary/aromatic N) is 3. The minimum absolute atomic E-state index is 0.356. The molecule has 0 bridgehead atoms. The van der Waals surface area contributed by atoms with Crippen molar-refractivity contribution >= 4 is 5.95 Å². The van der Waals surface area contributed by atoms with Crippen molar-refractivity contribution in [1.82, 2.24) is 14.5 Å². The third-order valence-electron chi connectivity index (χ3n) is 2.79. The predicted molar refractivity (Wildman–Crippen MR) is 69.5 cm³/mol. The first-order valence-electron chi connectivity index (χ1n) is 5.96. The summed E-state index contributed by atoms with van der Waals surface area (Å²) >= 11 is 0. The second kappa shape index (κ2) is 4.99. The fourth-order valence-electron chi connectivity index (χ4n) is 1.86. The number of nitrogen functional groups attached to an aromatic ring is 1. The van der Waals surface area contributed by atoms with Crippen LogP contribution in [-0.4, -0.2) is 14.5 Å². The highest BCUT2D eigenvalue weighted by Gasteiger charge is 2.07. The molecule has 2 aromatic heterocycles. The minimum Gasteiger partial charge on any atom is -0.368 e. The lowest BCUT2D eigenvalue weighted by Crippen LogP contribution is -2.02. The van der Waals surface area contributed by atoms with Crippen molar-refractivity contribution in [3.05, 3.63) is 30.1 Å². The Bertz CT molecular complexity index is 502. The normalized spacial score (nSPS) is 10.7. The molecule has 0 radical (unpaired) electrons. The number of unbranched alkanes of at least 4 members (excludes halogenated alkanes) is 1. The Morgan fingerprint density at radius 1 is 1.35 bits per heavy atom. The Labute approximate surface area is 102 Å². The zero-order chi connectivity index (χ0) is 12.3. The number of aromatic nitrogens is 3. The molecule has 0 saturated heterocycles. The summed E-state index contributed by atoms with van der Waals surface area (Å²) in [5.41, 5.74) is 8.75. The van der Waals surface area contributed by atoms with Crippen molar-refractivity contribution in [2.24, 2.45) is 7.05 Å². The van der Waals surface area contributed by atoms with E-state index in [9.17, 15) is 0 Å². The van der Waals surface area contributed by atoms with Crippen LogP contribution in [-0.2, 0) is 13.5 Å². The van der Waals surface area contributed by atoms with Crippen molar-refractivity contribution in [2.45, 2.75) is 26.2 Å². The molecule has 17 heavy (non-hydrogen) atoms. The van der Waals surface area contributed by atoms with Crippen molar-refractivity contribution < 1.29 is 0 Å². The van der Waals surface area contributed by atoms with E-state index in [1.54, 1.807) is 0 Å². The molecule has 4 nitrogen and oxygen atoms in total. The lowest BCUT2D eigenvalue weighted by Gasteiger charge is -2.06. The molecule has 0 atom stereocenters. The quantitative estimate of drug-likeness (QED) is 0.877. The SMILES string of the molecule is CCCCc1cc(-c2cccn2C)nc(N)n1. The van der Waals surface area contributed by atoms with E-state index in [2.05, 4.69) is 16.9 Å². The minimum atomic E-state index is 0.356. The molecule has 0 aliphatic rings. The summed E-state index contributed by atoms with van der Waals surface area (Å²) in [7, 11) is 2.00. The molecule has 2 rings (SSSR count). The molecule has 0 aromatic carbocycles. The lowest BCUT2D eigenvalue weighted by molar-refractivity contribution is 0.775. The van der Waals surface area contributed by atoms with Gasteiger partial charge in [0.2, 0.25) is 5.95 Å². The van der Waals surface area contributed by atoms with Crippen LogP contribution in [0.5, 0.6) is 0 Å². The van der Waals surface area contributed by atoms with Crippen molar-refractivity contribution in [3.63, 3.8) is 0 Å². The summed E-state index contributed by atoms with van der Waals surface area (Å²) in [4.78, 5) is 8.56. The van der Waals surface area contributed by atoms with Crippen LogP contribution in [0.3, 0.4) is 0 Å². The van der Waals surface area contributed by atoms with Gasteiger partial charge in [0.25, 0.3) is 0 Å². The summed E-state index contributed by atoms with van der Waals surface area (Å²) in [6.45, 7) is 2.17. The van der Waals surface area contributed by atoms with E-state index in [4.69, 9.17) is 5.73 Å². The average Bonchev–Trinajstić information content (AvgIpc) is 2.72. The first kappa shape index (κ1) is 11.6. The topological polar surface area (TPSA) is 56.7 Å². The molecule has 2 N–H and O–H groups in total. The Morgan fingerprint density at radius 3 is 2.82 bits per heavy atom. The Hall–Kier alpha value is -1.84. The van der Waals surface area contributed by atoms with Crippen LogP contribution in [0.1, 0.15) is 25.5 Å². The standard InChI is InChI=1S/C13H18N4/c1-3-4-6-10-9-11(16-13(14)15-10)12-7-5-8-17(12)2/h5,7-9H,3-4,6H2,1-2H3,(H2,14,15,16). The molecule has 0 aliphatic heterocycles. The van der Waals surface area contributed by atoms with Gasteiger partial charge in [-0.3, -0.25) is 0 Å². The molecular weight excluding hydrogens is 212 g/mol. The van der Waals surface area contributed by atoms with Crippen LogP contribution in [0, 0.1) is 0 Å². The van der Waals surface area contributed by atoms with E-state index in [0.717, 1.165) is 36.3 Å². The highest BCUT2D eigenvalue weighted by molar-refractivity contribution is 5.57. The molecule has 0 amide bonds. The Kier molecular flexibility index (Phi) is 3.42. The van der Waals surface area contributed by atoms with E-state index in [1.165, 1.54) is 0 Å². The van der Waals surface area contributed by atoms with Gasteiger partial charge in [0.05, 0.1) is 11.4 Å². The summed E-state index contributed by atoms with van der Waals surface area (Å²) in [5.74, 6) is 0.356. The largest absolute Gasteiger partial charge is 0.368 e. The van der Waals surface area contributed by atoms with Crippen molar-refractivity contribution in [2.75, 3.05) is 5.73 Å². The highest BCUT2D eigenvalue weighted by Crippen LogP contribution is 2.19. The Morgan fingerprint density at radius 2 is 2.18 bits per heavy atom. The maximum absolute atomic E-state index is 5.76. The number of hydrogen-bond donors (Lipinski definition) is 1. The number of hydrogen-bond acceptors (Lipinski definition) is 3. The predicted octanol–water partition coefficient (Wildman–Crippen LogP) is 2.41. The van der Waals surface area contributed by atoms with Gasteiger partial charge in [0.1, 0.15) is 0 Å². The zero-order valence-corrected chi connectivity index (χ0v) is 10.3. The summed E-state index contributed by atoms with van der Waals surface area (Å²) in [6.07, 6.45) is 5.24. The zero-order valence-electron chi connectivity index (χ0n) is 10.3. The van der Waals surface area contributed by atoms with Gasteiger partial charge < -0.3 is 10.3 Å². The monoisotopic (exact) mass is 230 g/mol. The van der Waals surface area contributed by atoms with E-state index < -0.39 is 0 Å². The first-order valence-corrected chi connectivity index (χ1v) is 5.96. The number of rotatable bonds is 4. The van der Waals surface area contributed by atoms with Crippen LogP contribution < -0.4 is 5.73 Å². The average molecular weight is 230 g/mol. The van der Waals surface area contributed by atoms with Crippen molar-refractivity contribution in [3.8, 4) is 11.4 Å². The highest BCUT2D eigenvalue weighted by atomic mass is 15.0. The molecule has 0 unspecified atom stereocenters.